The third-order valence-electron chi connectivity index (χ3n) is 4.11. The largest absolute Gasteiger partial charge is 0.296 e. The van der Waals surface area contributed by atoms with Gasteiger partial charge in [0.1, 0.15) is 11.5 Å². The lowest BCUT2D eigenvalue weighted by Gasteiger charge is -2.01. The van der Waals surface area contributed by atoms with E-state index in [0.29, 0.717) is 16.5 Å². The molecule has 0 saturated heterocycles. The third-order valence-corrected chi connectivity index (χ3v) is 5.07. The molecule has 2 aromatic heterocycles. The molecule has 0 radical (unpaired) electrons. The quantitative estimate of drug-likeness (QED) is 0.547. The highest BCUT2D eigenvalue weighted by Crippen LogP contribution is 2.07. The molecule has 4 rings (SSSR count). The molecule has 0 aliphatic rings. The summed E-state index contributed by atoms with van der Waals surface area (Å²) in [6.45, 7) is 1.98. The molecule has 2 aromatic carbocycles. The van der Waals surface area contributed by atoms with Crippen LogP contribution in [0.25, 0.3) is 11.0 Å². The molecule has 134 valence electrons. The Bertz CT molecular complexity index is 1290. The standard InChI is InChI=1S/C20H14FN3O2S/c1-12-2-4-13(5-3-12)10-16-18(25)22-20-24(23-16)19(26)17(27-20)11-14-6-8-15(21)9-7-14/h2-9,11H,10H2,1H3/b17-11+. The van der Waals surface area contributed by atoms with Crippen LogP contribution in [0, 0.1) is 12.7 Å². The fourth-order valence-electron chi connectivity index (χ4n) is 2.66. The molecule has 0 aliphatic heterocycles. The molecule has 7 heteroatoms. The van der Waals surface area contributed by atoms with E-state index in [4.69, 9.17) is 0 Å². The molecule has 27 heavy (non-hydrogen) atoms. The first-order valence-corrected chi connectivity index (χ1v) is 9.07. The van der Waals surface area contributed by atoms with Gasteiger partial charge in [0.05, 0.1) is 4.53 Å². The van der Waals surface area contributed by atoms with Crippen LogP contribution in [0.1, 0.15) is 22.4 Å². The van der Waals surface area contributed by atoms with Crippen LogP contribution in [0.2, 0.25) is 0 Å². The van der Waals surface area contributed by atoms with E-state index >= 15 is 0 Å². The summed E-state index contributed by atoms with van der Waals surface area (Å²) in [7, 11) is 0. The first-order chi connectivity index (χ1) is 13.0. The van der Waals surface area contributed by atoms with Gasteiger partial charge in [-0.15, -0.1) is 0 Å². The molecule has 0 amide bonds. The summed E-state index contributed by atoms with van der Waals surface area (Å²) < 4.78 is 14.6. The number of thiazole rings is 1. The number of halogens is 1. The number of benzene rings is 2. The summed E-state index contributed by atoms with van der Waals surface area (Å²) >= 11 is 1.08. The SMILES string of the molecule is Cc1ccc(Cc2nn3c(=O)/c(=C\c4ccc(F)cc4)sc3nc2=O)cc1. The Morgan fingerprint density at radius 3 is 2.48 bits per heavy atom. The van der Waals surface area contributed by atoms with Crippen molar-refractivity contribution in [2.45, 2.75) is 13.3 Å². The van der Waals surface area contributed by atoms with Gasteiger partial charge in [0.25, 0.3) is 11.1 Å². The van der Waals surface area contributed by atoms with Crippen LogP contribution in [0.5, 0.6) is 0 Å². The lowest BCUT2D eigenvalue weighted by Crippen LogP contribution is -2.28. The molecule has 0 N–H and O–H groups in total. The summed E-state index contributed by atoms with van der Waals surface area (Å²) in [4.78, 5) is 29.2. The lowest BCUT2D eigenvalue weighted by molar-refractivity contribution is 0.628. The number of fused-ring (bicyclic) bond motifs is 1. The van der Waals surface area contributed by atoms with Crippen LogP contribution in [-0.2, 0) is 6.42 Å². The van der Waals surface area contributed by atoms with Gasteiger partial charge >= 0.3 is 0 Å². The van der Waals surface area contributed by atoms with Crippen LogP contribution in [0.4, 0.5) is 4.39 Å². The first-order valence-electron chi connectivity index (χ1n) is 8.25. The summed E-state index contributed by atoms with van der Waals surface area (Å²) in [5.41, 5.74) is 2.16. The maximum Gasteiger partial charge on any atom is 0.296 e. The molecule has 5 nitrogen and oxygen atoms in total. The molecule has 0 aliphatic carbocycles. The van der Waals surface area contributed by atoms with E-state index in [1.165, 1.54) is 12.1 Å². The van der Waals surface area contributed by atoms with Gasteiger partial charge in [-0.3, -0.25) is 9.59 Å². The van der Waals surface area contributed by atoms with Crippen molar-refractivity contribution >= 4 is 22.4 Å². The van der Waals surface area contributed by atoms with E-state index < -0.39 is 5.56 Å². The normalized spacial score (nSPS) is 12.0. The molecule has 0 saturated carbocycles. The summed E-state index contributed by atoms with van der Waals surface area (Å²) in [6, 6.07) is 13.6. The summed E-state index contributed by atoms with van der Waals surface area (Å²) in [6.07, 6.45) is 1.94. The Balaban J connectivity index is 1.79. The molecule has 0 fully saturated rings. The van der Waals surface area contributed by atoms with E-state index in [1.807, 2.05) is 31.2 Å². The smallest absolute Gasteiger partial charge is 0.266 e. The highest BCUT2D eigenvalue weighted by Gasteiger charge is 2.11. The molecular weight excluding hydrogens is 365 g/mol. The van der Waals surface area contributed by atoms with E-state index in [1.54, 1.807) is 18.2 Å². The third kappa shape index (κ3) is 3.54. The Kier molecular flexibility index (Phi) is 4.37. The van der Waals surface area contributed by atoms with Crippen LogP contribution in [0.3, 0.4) is 0 Å². The van der Waals surface area contributed by atoms with Crippen molar-refractivity contribution in [3.05, 3.63) is 102 Å². The summed E-state index contributed by atoms with van der Waals surface area (Å²) in [5.74, 6) is -0.347. The van der Waals surface area contributed by atoms with Crippen molar-refractivity contribution in [2.24, 2.45) is 0 Å². The van der Waals surface area contributed by atoms with Crippen LogP contribution < -0.4 is 15.7 Å². The number of hydrogen-bond acceptors (Lipinski definition) is 5. The fourth-order valence-corrected chi connectivity index (χ4v) is 3.57. The predicted octanol–water partition coefficient (Wildman–Crippen LogP) is 2.10. The van der Waals surface area contributed by atoms with Gasteiger partial charge in [-0.25, -0.2) is 4.39 Å². The Morgan fingerprint density at radius 2 is 1.78 bits per heavy atom. The molecule has 2 heterocycles. The van der Waals surface area contributed by atoms with Crippen molar-refractivity contribution < 1.29 is 4.39 Å². The molecule has 0 atom stereocenters. The number of rotatable bonds is 3. The maximum absolute atomic E-state index is 13.0. The van der Waals surface area contributed by atoms with Gasteiger partial charge in [-0.2, -0.15) is 14.6 Å². The number of hydrogen-bond donors (Lipinski definition) is 0. The van der Waals surface area contributed by atoms with E-state index in [2.05, 4.69) is 10.1 Å². The van der Waals surface area contributed by atoms with Crippen LogP contribution in [0.15, 0.2) is 58.1 Å². The zero-order chi connectivity index (χ0) is 19.0. The molecule has 0 spiro atoms. The molecular formula is C20H14FN3O2S. The van der Waals surface area contributed by atoms with E-state index in [0.717, 1.165) is 27.0 Å². The Hall–Kier alpha value is -3.19. The van der Waals surface area contributed by atoms with Crippen molar-refractivity contribution in [1.82, 2.24) is 14.6 Å². The number of aryl methyl sites for hydroxylation is 1. The predicted molar refractivity (Wildman–Crippen MR) is 103 cm³/mol. The average Bonchev–Trinajstić information content (AvgIpc) is 2.94. The van der Waals surface area contributed by atoms with Gasteiger partial charge in [0.2, 0.25) is 4.96 Å². The monoisotopic (exact) mass is 379 g/mol. The van der Waals surface area contributed by atoms with Gasteiger partial charge in [-0.1, -0.05) is 53.3 Å². The summed E-state index contributed by atoms with van der Waals surface area (Å²) in [5, 5.41) is 4.23. The fraction of sp³-hybridized carbons (Fsp3) is 0.100. The Labute approximate surface area is 157 Å². The highest BCUT2D eigenvalue weighted by atomic mass is 32.1. The minimum atomic E-state index is -0.440. The molecule has 0 unspecified atom stereocenters. The van der Waals surface area contributed by atoms with Crippen molar-refractivity contribution in [3.63, 3.8) is 0 Å². The Morgan fingerprint density at radius 1 is 1.07 bits per heavy atom. The minimum absolute atomic E-state index is 0.222. The zero-order valence-corrected chi connectivity index (χ0v) is 15.2. The highest BCUT2D eigenvalue weighted by molar-refractivity contribution is 7.15. The second-order valence-corrected chi connectivity index (χ2v) is 7.20. The number of aromatic nitrogens is 3. The second-order valence-electron chi connectivity index (χ2n) is 6.19. The maximum atomic E-state index is 13.0. The zero-order valence-electron chi connectivity index (χ0n) is 14.3. The first kappa shape index (κ1) is 17.2. The topological polar surface area (TPSA) is 64.3 Å². The van der Waals surface area contributed by atoms with Crippen LogP contribution in [-0.4, -0.2) is 14.6 Å². The average molecular weight is 379 g/mol. The van der Waals surface area contributed by atoms with Gasteiger partial charge in [0.15, 0.2) is 0 Å². The van der Waals surface area contributed by atoms with Gasteiger partial charge < -0.3 is 0 Å². The molecule has 4 aromatic rings. The van der Waals surface area contributed by atoms with Crippen molar-refractivity contribution in [2.75, 3.05) is 0 Å². The molecule has 0 bridgehead atoms. The minimum Gasteiger partial charge on any atom is -0.266 e. The van der Waals surface area contributed by atoms with Gasteiger partial charge in [-0.05, 0) is 36.3 Å². The van der Waals surface area contributed by atoms with Crippen molar-refractivity contribution in [1.29, 1.82) is 0 Å². The number of nitrogens with zero attached hydrogens (tertiary/aromatic N) is 3. The van der Waals surface area contributed by atoms with Gasteiger partial charge in [0, 0.05) is 6.42 Å². The van der Waals surface area contributed by atoms with Crippen molar-refractivity contribution in [3.8, 4) is 0 Å². The van der Waals surface area contributed by atoms with Crippen LogP contribution >= 0.6 is 11.3 Å². The van der Waals surface area contributed by atoms with E-state index in [-0.39, 0.29) is 22.0 Å². The second kappa shape index (κ2) is 6.85. The van der Waals surface area contributed by atoms with E-state index in [9.17, 15) is 14.0 Å². The lowest BCUT2D eigenvalue weighted by atomic mass is 10.1.